The number of β-amino-alcohol motifs (C(OH)–C–C–N with tert-alkyl or cyclic N) is 1. The zero-order valence-corrected chi connectivity index (χ0v) is 21.4. The van der Waals surface area contributed by atoms with E-state index in [1.165, 1.54) is 20.5 Å². The van der Waals surface area contributed by atoms with Crippen molar-refractivity contribution in [2.24, 2.45) is 0 Å². The summed E-state index contributed by atoms with van der Waals surface area (Å²) in [6, 6.07) is 16.0. The number of aromatic amines is 1. The monoisotopic (exact) mass is 520 g/mol. The number of hydrogen-bond acceptors (Lipinski definition) is 8. The van der Waals surface area contributed by atoms with Crippen LogP contribution >= 0.6 is 11.3 Å². The van der Waals surface area contributed by atoms with Gasteiger partial charge in [-0.1, -0.05) is 18.2 Å². The third kappa shape index (κ3) is 4.27. The summed E-state index contributed by atoms with van der Waals surface area (Å²) in [5.74, 6) is -3.87. The SMILES string of the molecule is Cc1cccc2sc([C@H]3CCN(C[C@H](O)C4(Oc5cccc6[nH]ccc56)OC(=O)C(=O)O4)[C@H](C)C3)cc12. The molecule has 2 fully saturated rings. The molecule has 192 valence electrons. The minimum atomic E-state index is -2.25. The maximum Gasteiger partial charge on any atom is 0.451 e. The number of benzene rings is 2. The van der Waals surface area contributed by atoms with Crippen LogP contribution in [0.1, 0.15) is 36.1 Å². The molecule has 0 amide bonds. The molecule has 0 bridgehead atoms. The number of cyclic esters (lactones) is 2. The summed E-state index contributed by atoms with van der Waals surface area (Å²) < 4.78 is 17.8. The Bertz CT molecular complexity index is 1480. The van der Waals surface area contributed by atoms with Gasteiger partial charge in [0.15, 0.2) is 6.10 Å². The average Bonchev–Trinajstić information content (AvgIpc) is 3.59. The van der Waals surface area contributed by atoms with Crippen molar-refractivity contribution in [1.29, 1.82) is 0 Å². The van der Waals surface area contributed by atoms with Crippen molar-refractivity contribution in [3.8, 4) is 5.75 Å². The van der Waals surface area contributed by atoms with E-state index in [4.69, 9.17) is 14.2 Å². The van der Waals surface area contributed by atoms with Gasteiger partial charge in [-0.05, 0) is 80.4 Å². The minimum Gasteiger partial charge on any atom is -0.418 e. The molecule has 2 aliphatic heterocycles. The van der Waals surface area contributed by atoms with Gasteiger partial charge in [0, 0.05) is 39.3 Å². The highest BCUT2D eigenvalue weighted by Crippen LogP contribution is 2.40. The molecule has 2 saturated heterocycles. The Kier molecular flexibility index (Phi) is 5.94. The number of aromatic nitrogens is 1. The predicted molar refractivity (Wildman–Crippen MR) is 139 cm³/mol. The molecular weight excluding hydrogens is 492 g/mol. The number of nitrogens with zero attached hydrogens (tertiary/aromatic N) is 1. The van der Waals surface area contributed by atoms with E-state index in [1.54, 1.807) is 24.4 Å². The third-order valence-electron chi connectivity index (χ3n) is 7.47. The number of aliphatic hydroxyl groups is 1. The van der Waals surface area contributed by atoms with Crippen LogP contribution in [0.2, 0.25) is 0 Å². The smallest absolute Gasteiger partial charge is 0.418 e. The molecule has 2 aromatic carbocycles. The lowest BCUT2D eigenvalue weighted by Crippen LogP contribution is -2.56. The van der Waals surface area contributed by atoms with Crippen LogP contribution in [0.3, 0.4) is 0 Å². The standard InChI is InChI=1S/C28H28N2O6S/c1-16-5-3-8-23-20(16)14-24(37-23)18-10-12-30(17(2)13-18)15-25(31)28(35-26(32)27(33)36-28)34-22-7-4-6-21-19(22)9-11-29-21/h3-9,11,14,17-18,25,29,31H,10,12-13,15H2,1-2H3/t17-,18+,25+/m1/s1. The molecule has 0 saturated carbocycles. The van der Waals surface area contributed by atoms with E-state index in [1.807, 2.05) is 17.4 Å². The number of ether oxygens (including phenoxy) is 3. The Balaban J connectivity index is 1.19. The van der Waals surface area contributed by atoms with Gasteiger partial charge in [0.2, 0.25) is 0 Å². The molecule has 8 nitrogen and oxygen atoms in total. The molecule has 2 N–H and O–H groups in total. The van der Waals surface area contributed by atoms with E-state index in [0.29, 0.717) is 17.1 Å². The maximum absolute atomic E-state index is 12.0. The highest BCUT2D eigenvalue weighted by Gasteiger charge is 2.58. The van der Waals surface area contributed by atoms with Gasteiger partial charge in [0.05, 0.1) is 0 Å². The van der Waals surface area contributed by atoms with Gasteiger partial charge < -0.3 is 24.3 Å². The number of H-pyrrole nitrogens is 1. The summed E-state index contributed by atoms with van der Waals surface area (Å²) in [6.07, 6.45) is 2.19. The van der Waals surface area contributed by atoms with E-state index < -0.39 is 24.0 Å². The first kappa shape index (κ1) is 24.0. The molecule has 0 spiro atoms. The zero-order valence-electron chi connectivity index (χ0n) is 20.6. The Hall–Kier alpha value is -3.40. The van der Waals surface area contributed by atoms with Gasteiger partial charge in [-0.25, -0.2) is 9.59 Å². The molecule has 2 aromatic heterocycles. The molecular formula is C28H28N2O6S. The number of carbonyl (C=O) groups excluding carboxylic acids is 2. The van der Waals surface area contributed by atoms with Crippen LogP contribution in [0.15, 0.2) is 54.7 Å². The van der Waals surface area contributed by atoms with Gasteiger partial charge in [-0.15, -0.1) is 11.3 Å². The van der Waals surface area contributed by atoms with Crippen LogP contribution in [0.4, 0.5) is 0 Å². The van der Waals surface area contributed by atoms with Crippen LogP contribution in [-0.2, 0) is 19.1 Å². The van der Waals surface area contributed by atoms with Crippen LogP contribution in [0, 0.1) is 6.92 Å². The highest BCUT2D eigenvalue weighted by molar-refractivity contribution is 7.19. The number of esters is 2. The number of carbonyl (C=O) groups is 2. The van der Waals surface area contributed by atoms with E-state index in [9.17, 15) is 14.7 Å². The zero-order chi connectivity index (χ0) is 25.7. The normalized spacial score (nSPS) is 22.8. The van der Waals surface area contributed by atoms with Gasteiger partial charge in [0.25, 0.3) is 0 Å². The highest BCUT2D eigenvalue weighted by atomic mass is 32.1. The molecule has 4 aromatic rings. The molecule has 0 unspecified atom stereocenters. The van der Waals surface area contributed by atoms with Crippen molar-refractivity contribution in [2.45, 2.75) is 50.7 Å². The number of aliphatic hydroxyl groups excluding tert-OH is 1. The topological polar surface area (TPSA) is 101 Å². The third-order valence-corrected chi connectivity index (χ3v) is 8.74. The Morgan fingerprint density at radius 2 is 1.95 bits per heavy atom. The van der Waals surface area contributed by atoms with Crippen LogP contribution < -0.4 is 4.74 Å². The molecule has 0 aliphatic carbocycles. The summed E-state index contributed by atoms with van der Waals surface area (Å²) in [5, 5.41) is 13.3. The van der Waals surface area contributed by atoms with Crippen molar-refractivity contribution in [2.75, 3.05) is 13.1 Å². The van der Waals surface area contributed by atoms with E-state index >= 15 is 0 Å². The lowest BCUT2D eigenvalue weighted by molar-refractivity contribution is -0.319. The number of hydrogen-bond donors (Lipinski definition) is 2. The van der Waals surface area contributed by atoms with Crippen LogP contribution in [-0.4, -0.2) is 58.1 Å². The fourth-order valence-electron chi connectivity index (χ4n) is 5.42. The summed E-state index contributed by atoms with van der Waals surface area (Å²) in [4.78, 5) is 30.7. The number of piperidine rings is 1. The largest absolute Gasteiger partial charge is 0.451 e. The van der Waals surface area contributed by atoms with E-state index in [-0.39, 0.29) is 12.6 Å². The summed E-state index contributed by atoms with van der Waals surface area (Å²) in [5.41, 5.74) is 2.08. The van der Waals surface area contributed by atoms with Gasteiger partial charge >= 0.3 is 17.9 Å². The molecule has 0 radical (unpaired) electrons. The van der Waals surface area contributed by atoms with Gasteiger partial charge in [-0.3, -0.25) is 4.90 Å². The second kappa shape index (κ2) is 9.16. The Morgan fingerprint density at radius 3 is 2.70 bits per heavy atom. The fraction of sp³-hybridized carbons (Fsp3) is 0.357. The summed E-state index contributed by atoms with van der Waals surface area (Å²) >= 11 is 1.85. The predicted octanol–water partition coefficient (Wildman–Crippen LogP) is 4.45. The van der Waals surface area contributed by atoms with E-state index in [2.05, 4.69) is 48.0 Å². The summed E-state index contributed by atoms with van der Waals surface area (Å²) in [6.45, 7) is 5.12. The first-order valence-corrected chi connectivity index (χ1v) is 13.3. The Labute approximate surface area is 217 Å². The van der Waals surface area contributed by atoms with Crippen LogP contribution in [0.5, 0.6) is 5.75 Å². The van der Waals surface area contributed by atoms with Crippen molar-refractivity contribution >= 4 is 44.3 Å². The van der Waals surface area contributed by atoms with Gasteiger partial charge in [0.1, 0.15) is 5.75 Å². The number of nitrogens with one attached hydrogen (secondary N) is 1. The van der Waals surface area contributed by atoms with Crippen LogP contribution in [0.25, 0.3) is 21.0 Å². The lowest BCUT2D eigenvalue weighted by atomic mass is 9.89. The van der Waals surface area contributed by atoms with Gasteiger partial charge in [-0.2, -0.15) is 0 Å². The molecule has 2 aliphatic rings. The van der Waals surface area contributed by atoms with Crippen molar-refractivity contribution in [3.63, 3.8) is 0 Å². The van der Waals surface area contributed by atoms with Crippen molar-refractivity contribution in [3.05, 3.63) is 65.2 Å². The van der Waals surface area contributed by atoms with Crippen molar-refractivity contribution in [1.82, 2.24) is 9.88 Å². The quantitative estimate of drug-likeness (QED) is 0.286. The second-order valence-electron chi connectivity index (χ2n) is 9.90. The number of aryl methyl sites for hydroxylation is 1. The number of rotatable bonds is 6. The lowest BCUT2D eigenvalue weighted by Gasteiger charge is -2.40. The molecule has 4 heterocycles. The summed E-state index contributed by atoms with van der Waals surface area (Å²) in [7, 11) is 0. The molecule has 37 heavy (non-hydrogen) atoms. The minimum absolute atomic E-state index is 0.114. The first-order chi connectivity index (χ1) is 17.8. The maximum atomic E-state index is 12.0. The van der Waals surface area contributed by atoms with Crippen molar-refractivity contribution < 1.29 is 28.9 Å². The molecule has 9 heteroatoms. The number of fused-ring (bicyclic) bond motifs is 2. The number of thiophene rings is 1. The second-order valence-corrected chi connectivity index (χ2v) is 11.0. The number of likely N-dealkylation sites (tertiary alicyclic amines) is 1. The first-order valence-electron chi connectivity index (χ1n) is 12.5. The average molecular weight is 521 g/mol. The molecule has 3 atom stereocenters. The van der Waals surface area contributed by atoms with E-state index in [0.717, 1.165) is 24.9 Å². The fourth-order valence-corrected chi connectivity index (χ4v) is 6.71. The molecule has 6 rings (SSSR count). The Morgan fingerprint density at radius 1 is 1.16 bits per heavy atom.